The first-order chi connectivity index (χ1) is 19.7. The maximum atomic E-state index is 13.7. The monoisotopic (exact) mass is 612 g/mol. The molecule has 0 spiro atoms. The molecule has 1 unspecified atom stereocenters. The minimum Gasteiger partial charge on any atom is -0.395 e. The molecule has 3 aromatic carbocycles. The van der Waals surface area contributed by atoms with Crippen LogP contribution in [0.2, 0.25) is 0 Å². The van der Waals surface area contributed by atoms with E-state index < -0.39 is 44.4 Å². The van der Waals surface area contributed by atoms with Gasteiger partial charge in [-0.25, -0.2) is 8.42 Å². The van der Waals surface area contributed by atoms with Crippen LogP contribution in [0, 0.1) is 6.92 Å². The third-order valence-corrected chi connectivity index (χ3v) is 10.3. The van der Waals surface area contributed by atoms with Gasteiger partial charge in [0.2, 0.25) is 10.0 Å². The first-order valence-electron chi connectivity index (χ1n) is 13.5. The molecule has 0 bridgehead atoms. The number of halogens is 6. The summed E-state index contributed by atoms with van der Waals surface area (Å²) in [6, 6.07) is 14.3. The van der Waals surface area contributed by atoms with Crippen LogP contribution in [-0.2, 0) is 22.4 Å². The smallest absolute Gasteiger partial charge is 0.395 e. The molecule has 5 rings (SSSR count). The largest absolute Gasteiger partial charge is 0.417 e. The maximum absolute atomic E-state index is 13.7. The zero-order valence-electron chi connectivity index (χ0n) is 22.7. The van der Waals surface area contributed by atoms with E-state index in [0.717, 1.165) is 34.1 Å². The van der Waals surface area contributed by atoms with Gasteiger partial charge in [0.15, 0.2) is 0 Å². The lowest BCUT2D eigenvalue weighted by Crippen LogP contribution is -2.67. The molecule has 2 saturated heterocycles. The van der Waals surface area contributed by atoms with Crippen molar-refractivity contribution in [3.63, 3.8) is 0 Å². The zero-order valence-corrected chi connectivity index (χ0v) is 23.5. The predicted octanol–water partition coefficient (Wildman–Crippen LogP) is 6.31. The van der Waals surface area contributed by atoms with Gasteiger partial charge in [-0.1, -0.05) is 48.5 Å². The maximum Gasteiger partial charge on any atom is 0.417 e. The van der Waals surface area contributed by atoms with Crippen LogP contribution < -0.4 is 0 Å². The number of sulfonamides is 1. The molecule has 226 valence electrons. The molecule has 0 amide bonds. The molecule has 5 nitrogen and oxygen atoms in total. The summed E-state index contributed by atoms with van der Waals surface area (Å²) < 4.78 is 110. The molecule has 0 aromatic heterocycles. The Morgan fingerprint density at radius 3 is 2.10 bits per heavy atom. The summed E-state index contributed by atoms with van der Waals surface area (Å²) >= 11 is 0. The molecular weight excluding hydrogens is 582 g/mol. The van der Waals surface area contributed by atoms with Crippen molar-refractivity contribution in [2.75, 3.05) is 26.2 Å². The van der Waals surface area contributed by atoms with Crippen LogP contribution in [-0.4, -0.2) is 61.1 Å². The van der Waals surface area contributed by atoms with Crippen molar-refractivity contribution >= 4 is 10.0 Å². The number of fused-ring (bicyclic) bond motifs is 1. The van der Waals surface area contributed by atoms with Gasteiger partial charge in [0.05, 0.1) is 22.6 Å². The Morgan fingerprint density at radius 2 is 1.45 bits per heavy atom. The number of rotatable bonds is 5. The summed E-state index contributed by atoms with van der Waals surface area (Å²) in [5.74, 6) is -0.333. The summed E-state index contributed by atoms with van der Waals surface area (Å²) in [6.45, 7) is 1.80. The number of nitrogens with zero attached hydrogens (tertiary/aromatic N) is 2. The Labute approximate surface area is 240 Å². The van der Waals surface area contributed by atoms with Crippen molar-refractivity contribution in [2.24, 2.45) is 0 Å². The number of aliphatic hydroxyl groups excluding tert-OH is 1. The molecule has 0 aliphatic carbocycles. The summed E-state index contributed by atoms with van der Waals surface area (Å²) in [4.78, 5) is 1.20. The van der Waals surface area contributed by atoms with Crippen LogP contribution in [0.3, 0.4) is 0 Å². The van der Waals surface area contributed by atoms with Gasteiger partial charge >= 0.3 is 12.4 Å². The molecular formula is C30H30F6N2O3S. The fourth-order valence-electron chi connectivity index (χ4n) is 6.33. The second kappa shape index (κ2) is 11.3. The van der Waals surface area contributed by atoms with Crippen LogP contribution in [0.1, 0.15) is 41.0 Å². The third-order valence-electron chi connectivity index (χ3n) is 8.39. The standard InChI is InChI=1S/C30H30F6N2O3S/c1-19-22(7-6-9-23(19)29(31,32)33)20-11-13-21(14-12-20)28-25-17-37(15-4-5-16-38(25)26(28)18-39)42(40,41)27-10-3-2-8-24(27)30(34,35)36/h2-3,6-14,25-26,28,39H,4-5,15-18H2,1H3/t25?,26-,28+/m1/s1. The summed E-state index contributed by atoms with van der Waals surface area (Å²) in [5.41, 5.74) is -0.0792. The molecule has 42 heavy (non-hydrogen) atoms. The lowest BCUT2D eigenvalue weighted by atomic mass is 9.74. The van der Waals surface area contributed by atoms with Gasteiger partial charge in [-0.2, -0.15) is 30.6 Å². The molecule has 12 heteroatoms. The van der Waals surface area contributed by atoms with Gasteiger partial charge in [0.25, 0.3) is 0 Å². The Bertz CT molecular complexity index is 1540. The Hall–Kier alpha value is -2.93. The highest BCUT2D eigenvalue weighted by molar-refractivity contribution is 7.89. The molecule has 2 fully saturated rings. The van der Waals surface area contributed by atoms with Crippen molar-refractivity contribution in [1.82, 2.24) is 9.21 Å². The molecule has 2 aliphatic heterocycles. The number of benzene rings is 3. The first-order valence-corrected chi connectivity index (χ1v) is 15.0. The molecule has 0 radical (unpaired) electrons. The van der Waals surface area contributed by atoms with Gasteiger partial charge < -0.3 is 5.11 Å². The van der Waals surface area contributed by atoms with Crippen molar-refractivity contribution in [3.8, 4) is 11.1 Å². The molecule has 1 N–H and O–H groups in total. The summed E-state index contributed by atoms with van der Waals surface area (Å²) in [7, 11) is -4.50. The van der Waals surface area contributed by atoms with Crippen LogP contribution in [0.15, 0.2) is 71.6 Å². The fraction of sp³-hybridized carbons (Fsp3) is 0.400. The van der Waals surface area contributed by atoms with Crippen molar-refractivity contribution in [1.29, 1.82) is 0 Å². The van der Waals surface area contributed by atoms with Crippen molar-refractivity contribution in [2.45, 2.75) is 55.0 Å². The first kappa shape index (κ1) is 30.5. The van der Waals surface area contributed by atoms with E-state index in [2.05, 4.69) is 0 Å². The molecule has 3 atom stereocenters. The number of alkyl halides is 6. The second-order valence-corrected chi connectivity index (χ2v) is 12.6. The predicted molar refractivity (Wildman–Crippen MR) is 145 cm³/mol. The van der Waals surface area contributed by atoms with Gasteiger partial charge in [-0.3, -0.25) is 4.90 Å². The van der Waals surface area contributed by atoms with E-state index in [0.29, 0.717) is 30.5 Å². The quantitative estimate of drug-likeness (QED) is 0.343. The van der Waals surface area contributed by atoms with Gasteiger partial charge in [0.1, 0.15) is 0 Å². The van der Waals surface area contributed by atoms with Crippen LogP contribution >= 0.6 is 0 Å². The van der Waals surface area contributed by atoms with Gasteiger partial charge in [-0.15, -0.1) is 0 Å². The topological polar surface area (TPSA) is 60.9 Å². The van der Waals surface area contributed by atoms with Gasteiger partial charge in [0, 0.05) is 31.1 Å². The average Bonchev–Trinajstić information content (AvgIpc) is 2.91. The molecule has 3 aromatic rings. The van der Waals surface area contributed by atoms with Gasteiger partial charge in [-0.05, 0) is 66.8 Å². The van der Waals surface area contributed by atoms with E-state index in [9.17, 15) is 39.9 Å². The van der Waals surface area contributed by atoms with E-state index in [-0.39, 0.29) is 37.2 Å². The Balaban J connectivity index is 1.46. The summed E-state index contributed by atoms with van der Waals surface area (Å²) in [5, 5.41) is 10.2. The molecule has 0 saturated carbocycles. The van der Waals surface area contributed by atoms with E-state index in [1.54, 1.807) is 30.3 Å². The normalized spacial score (nSPS) is 22.6. The highest BCUT2D eigenvalue weighted by Gasteiger charge is 2.51. The highest BCUT2D eigenvalue weighted by atomic mass is 32.2. The van der Waals surface area contributed by atoms with Crippen LogP contribution in [0.4, 0.5) is 26.3 Å². The van der Waals surface area contributed by atoms with Crippen LogP contribution in [0.25, 0.3) is 11.1 Å². The fourth-order valence-corrected chi connectivity index (χ4v) is 8.04. The zero-order chi connectivity index (χ0) is 30.4. The number of hydrogen-bond acceptors (Lipinski definition) is 4. The highest BCUT2D eigenvalue weighted by Crippen LogP contribution is 2.44. The number of aliphatic hydroxyl groups is 1. The molecule has 2 aliphatic rings. The second-order valence-electron chi connectivity index (χ2n) is 10.7. The van der Waals surface area contributed by atoms with E-state index in [1.807, 2.05) is 4.90 Å². The third kappa shape index (κ3) is 5.57. The average molecular weight is 613 g/mol. The Morgan fingerprint density at radius 1 is 0.833 bits per heavy atom. The summed E-state index contributed by atoms with van der Waals surface area (Å²) in [6.07, 6.45) is -8.29. The minimum atomic E-state index is -4.85. The molecule has 2 heterocycles. The Kier molecular flexibility index (Phi) is 8.21. The number of hydrogen-bond donors (Lipinski definition) is 1. The van der Waals surface area contributed by atoms with Crippen molar-refractivity contribution < 1.29 is 39.9 Å². The minimum absolute atomic E-state index is 0.0587. The lowest BCUT2D eigenvalue weighted by Gasteiger charge is -2.57. The van der Waals surface area contributed by atoms with Crippen molar-refractivity contribution in [3.05, 3.63) is 89.0 Å². The van der Waals surface area contributed by atoms with E-state index in [4.69, 9.17) is 0 Å². The van der Waals surface area contributed by atoms with E-state index in [1.165, 1.54) is 19.1 Å². The van der Waals surface area contributed by atoms with E-state index >= 15 is 0 Å². The lowest BCUT2D eigenvalue weighted by molar-refractivity contribution is -0.140. The SMILES string of the molecule is Cc1c(-c2ccc([C@H]3C4CN(S(=O)(=O)c5ccccc5C(F)(F)F)CCCCN4[C@@H]3CO)cc2)cccc1C(F)(F)F. The van der Waals surface area contributed by atoms with Crippen LogP contribution in [0.5, 0.6) is 0 Å².